The predicted molar refractivity (Wildman–Crippen MR) is 99.9 cm³/mol. The van der Waals surface area contributed by atoms with E-state index >= 15 is 0 Å². The van der Waals surface area contributed by atoms with Crippen molar-refractivity contribution in [2.24, 2.45) is 5.92 Å². The van der Waals surface area contributed by atoms with Crippen molar-refractivity contribution in [1.82, 2.24) is 10.3 Å². The van der Waals surface area contributed by atoms with E-state index in [1.807, 2.05) is 0 Å². The molecule has 1 aromatic carbocycles. The largest absolute Gasteiger partial charge is 0.374 e. The summed E-state index contributed by atoms with van der Waals surface area (Å²) in [5.74, 6) is -0.578. The van der Waals surface area contributed by atoms with Crippen LogP contribution in [0.3, 0.4) is 0 Å². The Kier molecular flexibility index (Phi) is 4.38. The van der Waals surface area contributed by atoms with E-state index in [1.165, 1.54) is 24.4 Å². The van der Waals surface area contributed by atoms with Crippen molar-refractivity contribution >= 4 is 40.4 Å². The Bertz CT molecular complexity index is 893. The quantitative estimate of drug-likeness (QED) is 0.786. The molecule has 1 saturated carbocycles. The first kappa shape index (κ1) is 17.3. The molecule has 2 fully saturated rings. The second-order valence-corrected chi connectivity index (χ2v) is 7.38. The molecule has 4 rings (SSSR count). The molecule has 134 valence electrons. The number of nitrogens with zero attached hydrogens (tertiary/aromatic N) is 1. The molecule has 26 heavy (non-hydrogen) atoms. The number of rotatable bonds is 3. The van der Waals surface area contributed by atoms with Gasteiger partial charge in [-0.3, -0.25) is 4.79 Å². The van der Waals surface area contributed by atoms with Crippen molar-refractivity contribution in [3.05, 3.63) is 58.6 Å². The molecule has 0 radical (unpaired) electrons. The number of halogens is 2. The van der Waals surface area contributed by atoms with Crippen molar-refractivity contribution in [3.8, 4) is 0 Å². The van der Waals surface area contributed by atoms with Gasteiger partial charge in [-0.05, 0) is 36.8 Å². The molecule has 8 heteroatoms. The molecule has 1 amide bonds. The molecule has 2 N–H and O–H groups in total. The fraction of sp³-hybridized carbons (Fsp3) is 0.278. The summed E-state index contributed by atoms with van der Waals surface area (Å²) in [6.45, 7) is 0.867. The number of carbonyl (C=O) groups excluding carboxylic acids is 1. The number of fused-ring (bicyclic) bond motifs is 1. The molecule has 2 aromatic rings. The van der Waals surface area contributed by atoms with Gasteiger partial charge in [0, 0.05) is 23.4 Å². The molecule has 1 aliphatic heterocycles. The van der Waals surface area contributed by atoms with Gasteiger partial charge in [0.25, 0.3) is 5.91 Å². The molecule has 2 heterocycles. The summed E-state index contributed by atoms with van der Waals surface area (Å²) in [5, 5.41) is 6.42. The Labute approximate surface area is 159 Å². The smallest absolute Gasteiger partial charge is 0.274 e. The minimum Gasteiger partial charge on any atom is -0.374 e. The number of carbonyl (C=O) groups is 1. The lowest BCUT2D eigenvalue weighted by molar-refractivity contribution is 0.102. The Morgan fingerprint density at radius 2 is 2.27 bits per heavy atom. The van der Waals surface area contributed by atoms with Crippen LogP contribution in [0.25, 0.3) is 0 Å². The Balaban J connectivity index is 1.60. The molecule has 0 bridgehead atoms. The lowest BCUT2D eigenvalue weighted by Gasteiger charge is -2.21. The van der Waals surface area contributed by atoms with Crippen molar-refractivity contribution in [2.45, 2.75) is 12.0 Å². The summed E-state index contributed by atoms with van der Waals surface area (Å²) in [6.07, 6.45) is 2.14. The summed E-state index contributed by atoms with van der Waals surface area (Å²) in [4.78, 5) is 16.9. The van der Waals surface area contributed by atoms with E-state index in [-0.39, 0.29) is 17.4 Å². The number of thiocarbonyl (C=S) groups is 1. The Morgan fingerprint density at radius 1 is 1.42 bits per heavy atom. The SMILES string of the molecule is O=C(Nc1ccc(F)c([C@]23C[C@H]2COCC(=S)N3)c1)c1ccc(Cl)cn1. The van der Waals surface area contributed by atoms with Gasteiger partial charge >= 0.3 is 0 Å². The number of aromatic nitrogens is 1. The number of anilines is 1. The van der Waals surface area contributed by atoms with Gasteiger partial charge in [0.15, 0.2) is 0 Å². The number of amides is 1. The molecule has 1 aliphatic carbocycles. The topological polar surface area (TPSA) is 63.2 Å². The van der Waals surface area contributed by atoms with Gasteiger partial charge in [-0.15, -0.1) is 0 Å². The van der Waals surface area contributed by atoms with Crippen molar-refractivity contribution in [2.75, 3.05) is 18.5 Å². The highest BCUT2D eigenvalue weighted by atomic mass is 35.5. The zero-order chi connectivity index (χ0) is 18.3. The van der Waals surface area contributed by atoms with Crippen LogP contribution in [0, 0.1) is 11.7 Å². The molecule has 1 saturated heterocycles. The summed E-state index contributed by atoms with van der Waals surface area (Å²) < 4.78 is 20.0. The van der Waals surface area contributed by atoms with Gasteiger partial charge < -0.3 is 15.4 Å². The van der Waals surface area contributed by atoms with Crippen molar-refractivity contribution in [3.63, 3.8) is 0 Å². The van der Waals surface area contributed by atoms with Crippen LogP contribution in [-0.2, 0) is 10.3 Å². The normalized spacial score (nSPS) is 24.2. The van der Waals surface area contributed by atoms with E-state index in [4.69, 9.17) is 28.6 Å². The highest BCUT2D eigenvalue weighted by molar-refractivity contribution is 7.80. The minimum atomic E-state index is -0.559. The van der Waals surface area contributed by atoms with Gasteiger partial charge in [-0.25, -0.2) is 9.37 Å². The molecule has 2 atom stereocenters. The molecule has 1 aromatic heterocycles. The van der Waals surface area contributed by atoms with E-state index in [0.29, 0.717) is 34.5 Å². The highest BCUT2D eigenvalue weighted by Crippen LogP contribution is 2.54. The third-order valence-electron chi connectivity index (χ3n) is 4.68. The standard InChI is InChI=1S/C18H15ClFN3O2S/c19-11-1-4-15(21-7-11)17(24)22-12-2-3-14(20)13(5-12)18-6-10(18)8-25-9-16(26)23-18/h1-5,7,10H,6,8-9H2,(H,22,24)(H,23,26)/t10-,18-/m0/s1. The molecular formula is C18H15ClFN3O2S. The second kappa shape index (κ2) is 6.57. The first-order valence-electron chi connectivity index (χ1n) is 8.10. The highest BCUT2D eigenvalue weighted by Gasteiger charge is 2.58. The summed E-state index contributed by atoms with van der Waals surface area (Å²) in [6, 6.07) is 7.63. The van der Waals surface area contributed by atoms with Crippen LogP contribution in [0.1, 0.15) is 22.5 Å². The molecular weight excluding hydrogens is 377 g/mol. The third-order valence-corrected chi connectivity index (χ3v) is 5.13. The van der Waals surface area contributed by atoms with Gasteiger partial charge in [-0.2, -0.15) is 0 Å². The molecule has 0 unspecified atom stereocenters. The van der Waals surface area contributed by atoms with Gasteiger partial charge in [0.1, 0.15) is 16.5 Å². The molecule has 0 spiro atoms. The lowest BCUT2D eigenvalue weighted by Crippen LogP contribution is -2.36. The summed E-state index contributed by atoms with van der Waals surface area (Å²) >= 11 is 11.0. The maximum Gasteiger partial charge on any atom is 0.274 e. The Hall–Kier alpha value is -2.09. The zero-order valence-corrected chi connectivity index (χ0v) is 15.2. The van der Waals surface area contributed by atoms with Gasteiger partial charge in [0.2, 0.25) is 0 Å². The number of hydrogen-bond donors (Lipinski definition) is 2. The molecule has 5 nitrogen and oxygen atoms in total. The van der Waals surface area contributed by atoms with Crippen molar-refractivity contribution in [1.29, 1.82) is 0 Å². The number of benzene rings is 1. The maximum atomic E-state index is 14.5. The maximum absolute atomic E-state index is 14.5. The van der Waals surface area contributed by atoms with Crippen LogP contribution < -0.4 is 10.6 Å². The van der Waals surface area contributed by atoms with Crippen molar-refractivity contribution < 1.29 is 13.9 Å². The lowest BCUT2D eigenvalue weighted by atomic mass is 10.0. The number of hydrogen-bond acceptors (Lipinski definition) is 4. The van der Waals surface area contributed by atoms with E-state index in [9.17, 15) is 9.18 Å². The first-order chi connectivity index (χ1) is 12.5. The number of ether oxygens (including phenoxy) is 1. The van der Waals surface area contributed by atoms with E-state index in [2.05, 4.69) is 15.6 Å². The van der Waals surface area contributed by atoms with Gasteiger partial charge in [0.05, 0.1) is 23.8 Å². The summed E-state index contributed by atoms with van der Waals surface area (Å²) in [5.41, 5.74) is 0.639. The monoisotopic (exact) mass is 391 g/mol. The van der Waals surface area contributed by atoms with Crippen LogP contribution in [0.4, 0.5) is 10.1 Å². The van der Waals surface area contributed by atoms with E-state index in [1.54, 1.807) is 12.1 Å². The average molecular weight is 392 g/mol. The van der Waals surface area contributed by atoms with E-state index < -0.39 is 11.4 Å². The minimum absolute atomic E-state index is 0.154. The second-order valence-electron chi connectivity index (χ2n) is 6.45. The van der Waals surface area contributed by atoms with E-state index in [0.717, 1.165) is 6.42 Å². The van der Waals surface area contributed by atoms with Crippen LogP contribution in [0.15, 0.2) is 36.5 Å². The van der Waals surface area contributed by atoms with Crippen LogP contribution >= 0.6 is 23.8 Å². The molecule has 2 aliphatic rings. The number of pyridine rings is 1. The van der Waals surface area contributed by atoms with Gasteiger partial charge in [-0.1, -0.05) is 23.8 Å². The predicted octanol–water partition coefficient (Wildman–Crippen LogP) is 3.29. The van der Waals surface area contributed by atoms with Crippen LogP contribution in [0.5, 0.6) is 0 Å². The summed E-state index contributed by atoms with van der Waals surface area (Å²) in [7, 11) is 0. The third kappa shape index (κ3) is 3.18. The zero-order valence-electron chi connectivity index (χ0n) is 13.6. The fourth-order valence-corrected chi connectivity index (χ4v) is 3.69. The van der Waals surface area contributed by atoms with Crippen LogP contribution in [0.2, 0.25) is 5.02 Å². The average Bonchev–Trinajstić information content (AvgIpc) is 3.31. The fourth-order valence-electron chi connectivity index (χ4n) is 3.31. The van der Waals surface area contributed by atoms with Crippen LogP contribution in [-0.4, -0.2) is 29.1 Å². The Morgan fingerprint density at radius 3 is 3.04 bits per heavy atom. The number of nitrogens with one attached hydrogen (secondary N) is 2. The first-order valence-corrected chi connectivity index (χ1v) is 8.88.